The van der Waals surface area contributed by atoms with E-state index in [0.717, 1.165) is 12.4 Å². The van der Waals surface area contributed by atoms with Crippen molar-refractivity contribution in [1.29, 1.82) is 0 Å². The standard InChI is InChI=1S/C9H15N3O/c1-12(6-7-13-2)9-5-3-4-8(10)11-9/h3-5H,6-7H2,1-2H3,(H2,10,11). The van der Waals surface area contributed by atoms with Gasteiger partial charge < -0.3 is 15.4 Å². The number of methoxy groups -OCH3 is 1. The molecule has 1 aromatic heterocycles. The van der Waals surface area contributed by atoms with Gasteiger partial charge in [0.2, 0.25) is 0 Å². The number of rotatable bonds is 4. The van der Waals surface area contributed by atoms with Crippen LogP contribution in [0.3, 0.4) is 0 Å². The van der Waals surface area contributed by atoms with Crippen molar-refractivity contribution in [2.45, 2.75) is 0 Å². The van der Waals surface area contributed by atoms with Crippen LogP contribution >= 0.6 is 0 Å². The molecule has 0 aromatic carbocycles. The van der Waals surface area contributed by atoms with Gasteiger partial charge in [-0.3, -0.25) is 0 Å². The number of hydrogen-bond acceptors (Lipinski definition) is 4. The van der Waals surface area contributed by atoms with E-state index < -0.39 is 0 Å². The summed E-state index contributed by atoms with van der Waals surface area (Å²) >= 11 is 0. The topological polar surface area (TPSA) is 51.4 Å². The lowest BCUT2D eigenvalue weighted by Gasteiger charge is -2.17. The first-order valence-electron chi connectivity index (χ1n) is 4.16. The fourth-order valence-corrected chi connectivity index (χ4v) is 0.995. The highest BCUT2D eigenvalue weighted by molar-refractivity contribution is 5.43. The number of ether oxygens (including phenoxy) is 1. The van der Waals surface area contributed by atoms with E-state index in [1.54, 1.807) is 13.2 Å². The summed E-state index contributed by atoms with van der Waals surface area (Å²) in [6, 6.07) is 5.58. The van der Waals surface area contributed by atoms with Gasteiger partial charge in [0.1, 0.15) is 11.6 Å². The zero-order valence-corrected chi connectivity index (χ0v) is 8.03. The third-order valence-electron chi connectivity index (χ3n) is 1.78. The summed E-state index contributed by atoms with van der Waals surface area (Å²) in [5.41, 5.74) is 5.56. The van der Waals surface area contributed by atoms with Crippen molar-refractivity contribution in [3.63, 3.8) is 0 Å². The first-order chi connectivity index (χ1) is 6.24. The van der Waals surface area contributed by atoms with E-state index in [2.05, 4.69) is 4.98 Å². The Labute approximate surface area is 78.3 Å². The van der Waals surface area contributed by atoms with Gasteiger partial charge in [0.15, 0.2) is 0 Å². The number of anilines is 2. The molecule has 13 heavy (non-hydrogen) atoms. The third kappa shape index (κ3) is 2.91. The molecule has 0 saturated carbocycles. The molecule has 2 N–H and O–H groups in total. The summed E-state index contributed by atoms with van der Waals surface area (Å²) in [5, 5.41) is 0. The number of aromatic nitrogens is 1. The van der Waals surface area contributed by atoms with Gasteiger partial charge in [0.05, 0.1) is 6.61 Å². The molecular formula is C9H15N3O. The average molecular weight is 181 g/mol. The van der Waals surface area contributed by atoms with Crippen molar-refractivity contribution in [3.05, 3.63) is 18.2 Å². The zero-order valence-electron chi connectivity index (χ0n) is 8.03. The average Bonchev–Trinajstić information content (AvgIpc) is 2.14. The van der Waals surface area contributed by atoms with Crippen LogP contribution in [0.4, 0.5) is 11.6 Å². The molecule has 0 aliphatic heterocycles. The van der Waals surface area contributed by atoms with Crippen molar-refractivity contribution in [2.24, 2.45) is 0 Å². The second kappa shape index (κ2) is 4.67. The minimum atomic E-state index is 0.543. The van der Waals surface area contributed by atoms with E-state index >= 15 is 0 Å². The molecule has 0 unspecified atom stereocenters. The minimum Gasteiger partial charge on any atom is -0.384 e. The lowest BCUT2D eigenvalue weighted by molar-refractivity contribution is 0.206. The maximum atomic E-state index is 5.56. The Morgan fingerprint density at radius 1 is 1.54 bits per heavy atom. The molecule has 0 spiro atoms. The maximum Gasteiger partial charge on any atom is 0.130 e. The smallest absolute Gasteiger partial charge is 0.130 e. The second-order valence-corrected chi connectivity index (χ2v) is 2.84. The Balaban J connectivity index is 2.60. The lowest BCUT2D eigenvalue weighted by Crippen LogP contribution is -2.23. The van der Waals surface area contributed by atoms with Crippen molar-refractivity contribution < 1.29 is 4.74 Å². The molecule has 1 heterocycles. The van der Waals surface area contributed by atoms with Crippen LogP contribution in [0.5, 0.6) is 0 Å². The highest BCUT2D eigenvalue weighted by atomic mass is 16.5. The number of nitrogens with zero attached hydrogens (tertiary/aromatic N) is 2. The molecule has 0 atom stereocenters. The summed E-state index contributed by atoms with van der Waals surface area (Å²) in [6.07, 6.45) is 0. The van der Waals surface area contributed by atoms with E-state index in [0.29, 0.717) is 12.4 Å². The Bertz CT molecular complexity index is 265. The van der Waals surface area contributed by atoms with Crippen LogP contribution in [-0.2, 0) is 4.74 Å². The zero-order chi connectivity index (χ0) is 9.68. The van der Waals surface area contributed by atoms with Gasteiger partial charge >= 0.3 is 0 Å². The fraction of sp³-hybridized carbons (Fsp3) is 0.444. The van der Waals surface area contributed by atoms with Crippen molar-refractivity contribution in [2.75, 3.05) is 37.9 Å². The number of likely N-dealkylation sites (N-methyl/N-ethyl adjacent to an activating group) is 1. The maximum absolute atomic E-state index is 5.56. The molecule has 0 amide bonds. The Hall–Kier alpha value is -1.29. The Kier molecular flexibility index (Phi) is 3.52. The quantitative estimate of drug-likeness (QED) is 0.744. The van der Waals surface area contributed by atoms with Crippen LogP contribution in [0, 0.1) is 0 Å². The van der Waals surface area contributed by atoms with E-state index in [1.165, 1.54) is 0 Å². The van der Waals surface area contributed by atoms with Crippen molar-refractivity contribution in [1.82, 2.24) is 4.98 Å². The van der Waals surface area contributed by atoms with Crippen LogP contribution in [0.1, 0.15) is 0 Å². The second-order valence-electron chi connectivity index (χ2n) is 2.84. The van der Waals surface area contributed by atoms with Crippen LogP contribution in [-0.4, -0.2) is 32.3 Å². The molecule has 0 saturated heterocycles. The first-order valence-corrected chi connectivity index (χ1v) is 4.16. The molecule has 0 aliphatic rings. The van der Waals surface area contributed by atoms with E-state index in [9.17, 15) is 0 Å². The third-order valence-corrected chi connectivity index (χ3v) is 1.78. The van der Waals surface area contributed by atoms with E-state index in [4.69, 9.17) is 10.5 Å². The summed E-state index contributed by atoms with van der Waals surface area (Å²) in [6.45, 7) is 1.50. The minimum absolute atomic E-state index is 0.543. The van der Waals surface area contributed by atoms with Gasteiger partial charge in [0, 0.05) is 20.7 Å². The monoisotopic (exact) mass is 181 g/mol. The van der Waals surface area contributed by atoms with Gasteiger partial charge in [0.25, 0.3) is 0 Å². The Morgan fingerprint density at radius 2 is 2.31 bits per heavy atom. The number of nitrogens with two attached hydrogens (primary N) is 1. The van der Waals surface area contributed by atoms with Gasteiger partial charge in [-0.2, -0.15) is 0 Å². The molecule has 0 fully saturated rings. The van der Waals surface area contributed by atoms with Crippen LogP contribution in [0.2, 0.25) is 0 Å². The van der Waals surface area contributed by atoms with Crippen molar-refractivity contribution in [3.8, 4) is 0 Å². The normalized spacial score (nSPS) is 10.0. The summed E-state index contributed by atoms with van der Waals surface area (Å²) < 4.78 is 4.96. The lowest BCUT2D eigenvalue weighted by atomic mass is 10.4. The summed E-state index contributed by atoms with van der Waals surface area (Å²) in [4.78, 5) is 6.17. The first kappa shape index (κ1) is 9.80. The molecule has 1 aromatic rings. The highest BCUT2D eigenvalue weighted by Crippen LogP contribution is 2.09. The molecule has 4 nitrogen and oxygen atoms in total. The molecule has 0 bridgehead atoms. The SMILES string of the molecule is COCCN(C)c1cccc(N)n1. The van der Waals surface area contributed by atoms with E-state index in [-0.39, 0.29) is 0 Å². The van der Waals surface area contributed by atoms with E-state index in [1.807, 2.05) is 24.1 Å². The molecule has 0 aliphatic carbocycles. The van der Waals surface area contributed by atoms with Crippen molar-refractivity contribution >= 4 is 11.6 Å². The number of nitrogen functional groups attached to an aromatic ring is 1. The van der Waals surface area contributed by atoms with Gasteiger partial charge in [-0.25, -0.2) is 4.98 Å². The summed E-state index contributed by atoms with van der Waals surface area (Å²) in [7, 11) is 3.64. The largest absolute Gasteiger partial charge is 0.384 e. The molecule has 72 valence electrons. The molecule has 1 rings (SSSR count). The molecular weight excluding hydrogens is 166 g/mol. The van der Waals surface area contributed by atoms with Crippen LogP contribution in [0.15, 0.2) is 18.2 Å². The van der Waals surface area contributed by atoms with Crippen LogP contribution < -0.4 is 10.6 Å². The molecule has 4 heteroatoms. The predicted molar refractivity (Wildman–Crippen MR) is 53.8 cm³/mol. The van der Waals surface area contributed by atoms with Gasteiger partial charge in [-0.1, -0.05) is 6.07 Å². The van der Waals surface area contributed by atoms with Crippen LogP contribution in [0.25, 0.3) is 0 Å². The predicted octanol–water partition coefficient (Wildman–Crippen LogP) is 0.746. The fourth-order valence-electron chi connectivity index (χ4n) is 0.995. The highest BCUT2D eigenvalue weighted by Gasteiger charge is 2.00. The van der Waals surface area contributed by atoms with Gasteiger partial charge in [-0.15, -0.1) is 0 Å². The van der Waals surface area contributed by atoms with Gasteiger partial charge in [-0.05, 0) is 12.1 Å². The summed E-state index contributed by atoms with van der Waals surface area (Å²) in [5.74, 6) is 1.42. The number of hydrogen-bond donors (Lipinski definition) is 1. The molecule has 0 radical (unpaired) electrons. The number of pyridine rings is 1. The Morgan fingerprint density at radius 3 is 2.92 bits per heavy atom.